The van der Waals surface area contributed by atoms with Crippen molar-refractivity contribution in [1.82, 2.24) is 5.32 Å². The second kappa shape index (κ2) is 9.24. The van der Waals surface area contributed by atoms with Gasteiger partial charge in [-0.05, 0) is 48.7 Å². The van der Waals surface area contributed by atoms with Crippen molar-refractivity contribution in [1.29, 1.82) is 0 Å². The normalized spacial score (nSPS) is 11.0. The summed E-state index contributed by atoms with van der Waals surface area (Å²) in [7, 11) is -1.76. The van der Waals surface area contributed by atoms with Gasteiger partial charge in [-0.3, -0.25) is 9.52 Å². The number of methoxy groups -OCH3 is 1. The number of benzene rings is 2. The van der Waals surface area contributed by atoms with E-state index in [0.29, 0.717) is 30.6 Å². The van der Waals surface area contributed by atoms with Crippen molar-refractivity contribution in [2.24, 2.45) is 0 Å². The molecule has 0 atom stereocenters. The summed E-state index contributed by atoms with van der Waals surface area (Å²) in [5.74, 6) is 0.598. The summed E-state index contributed by atoms with van der Waals surface area (Å²) in [5, 5.41) is 2.84. The number of hydrogen-bond donors (Lipinski definition) is 2. The van der Waals surface area contributed by atoms with E-state index in [1.165, 1.54) is 6.07 Å². The van der Waals surface area contributed by atoms with Crippen LogP contribution in [0.2, 0.25) is 0 Å². The summed E-state index contributed by atoms with van der Waals surface area (Å²) < 4.78 is 31.3. The Balaban J connectivity index is 1.91. The first kappa shape index (κ1) is 19.8. The molecule has 0 bridgehead atoms. The molecule has 2 aromatic carbocycles. The van der Waals surface area contributed by atoms with Crippen molar-refractivity contribution in [2.45, 2.75) is 19.8 Å². The first-order chi connectivity index (χ1) is 12.4. The molecule has 0 aromatic heterocycles. The SMILES string of the molecule is CCCS(=O)(=O)Nc1cccc(C(=O)NCCc2ccc(OC)cc2)c1. The smallest absolute Gasteiger partial charge is 0.251 e. The molecule has 2 N–H and O–H groups in total. The molecule has 0 aliphatic carbocycles. The van der Waals surface area contributed by atoms with Crippen molar-refractivity contribution in [3.05, 3.63) is 59.7 Å². The van der Waals surface area contributed by atoms with Gasteiger partial charge in [0.2, 0.25) is 10.0 Å². The number of carbonyl (C=O) groups excluding carboxylic acids is 1. The molecule has 0 fully saturated rings. The second-order valence-corrected chi connectivity index (χ2v) is 7.70. The third-order valence-electron chi connectivity index (χ3n) is 3.73. The fourth-order valence-corrected chi connectivity index (χ4v) is 3.56. The molecule has 0 aliphatic heterocycles. The van der Waals surface area contributed by atoms with Crippen molar-refractivity contribution >= 4 is 21.6 Å². The lowest BCUT2D eigenvalue weighted by Crippen LogP contribution is -2.26. The molecule has 0 radical (unpaired) electrons. The first-order valence-corrected chi connectivity index (χ1v) is 10.1. The summed E-state index contributed by atoms with van der Waals surface area (Å²) in [6.07, 6.45) is 1.22. The number of sulfonamides is 1. The summed E-state index contributed by atoms with van der Waals surface area (Å²) in [6.45, 7) is 2.28. The van der Waals surface area contributed by atoms with Crippen LogP contribution in [0.25, 0.3) is 0 Å². The third kappa shape index (κ3) is 6.07. The van der Waals surface area contributed by atoms with E-state index in [1.807, 2.05) is 24.3 Å². The van der Waals surface area contributed by atoms with Gasteiger partial charge in [-0.15, -0.1) is 0 Å². The largest absolute Gasteiger partial charge is 0.497 e. The number of anilines is 1. The Bertz CT molecular complexity index is 833. The van der Waals surface area contributed by atoms with E-state index in [-0.39, 0.29) is 11.7 Å². The van der Waals surface area contributed by atoms with Gasteiger partial charge in [0.25, 0.3) is 5.91 Å². The quantitative estimate of drug-likeness (QED) is 0.705. The molecule has 0 saturated heterocycles. The maximum absolute atomic E-state index is 12.3. The minimum Gasteiger partial charge on any atom is -0.497 e. The fraction of sp³-hybridized carbons (Fsp3) is 0.316. The highest BCUT2D eigenvalue weighted by atomic mass is 32.2. The standard InChI is InChI=1S/C19H24N2O4S/c1-3-13-26(23,24)21-17-6-4-5-16(14-17)19(22)20-12-11-15-7-9-18(25-2)10-8-15/h4-10,14,21H,3,11-13H2,1-2H3,(H,20,22). The minimum absolute atomic E-state index is 0.0469. The Morgan fingerprint density at radius 3 is 2.50 bits per heavy atom. The van der Waals surface area contributed by atoms with Gasteiger partial charge in [0.15, 0.2) is 0 Å². The molecule has 7 heteroatoms. The lowest BCUT2D eigenvalue weighted by molar-refractivity contribution is 0.0954. The Labute approximate surface area is 154 Å². The van der Waals surface area contributed by atoms with Gasteiger partial charge in [0.05, 0.1) is 12.9 Å². The number of amides is 1. The van der Waals surface area contributed by atoms with Crippen LogP contribution in [0.5, 0.6) is 5.75 Å². The third-order valence-corrected chi connectivity index (χ3v) is 5.22. The second-order valence-electron chi connectivity index (χ2n) is 5.86. The Morgan fingerprint density at radius 1 is 1.12 bits per heavy atom. The van der Waals surface area contributed by atoms with Crippen LogP contribution >= 0.6 is 0 Å². The predicted octanol–water partition coefficient (Wildman–Crippen LogP) is 2.82. The van der Waals surface area contributed by atoms with E-state index in [0.717, 1.165) is 11.3 Å². The van der Waals surface area contributed by atoms with Gasteiger partial charge < -0.3 is 10.1 Å². The highest BCUT2D eigenvalue weighted by molar-refractivity contribution is 7.92. The molecule has 0 aliphatic rings. The highest BCUT2D eigenvalue weighted by Gasteiger charge is 2.11. The van der Waals surface area contributed by atoms with Crippen LogP contribution in [-0.2, 0) is 16.4 Å². The summed E-state index contributed by atoms with van der Waals surface area (Å²) in [6, 6.07) is 14.1. The molecule has 0 unspecified atom stereocenters. The molecule has 0 saturated carbocycles. The van der Waals surface area contributed by atoms with Crippen LogP contribution in [0.1, 0.15) is 29.3 Å². The molecule has 1 amide bonds. The monoisotopic (exact) mass is 376 g/mol. The van der Waals surface area contributed by atoms with E-state index < -0.39 is 10.0 Å². The summed E-state index contributed by atoms with van der Waals surface area (Å²) in [4.78, 5) is 12.3. The van der Waals surface area contributed by atoms with Gasteiger partial charge >= 0.3 is 0 Å². The Kier molecular flexibility index (Phi) is 7.03. The van der Waals surface area contributed by atoms with E-state index in [2.05, 4.69) is 10.0 Å². The maximum atomic E-state index is 12.3. The number of hydrogen-bond acceptors (Lipinski definition) is 4. The molecule has 140 valence electrons. The van der Waals surface area contributed by atoms with E-state index in [4.69, 9.17) is 4.74 Å². The van der Waals surface area contributed by atoms with Crippen molar-refractivity contribution in [3.8, 4) is 5.75 Å². The average molecular weight is 376 g/mol. The number of rotatable bonds is 9. The average Bonchev–Trinajstić information content (AvgIpc) is 2.62. The topological polar surface area (TPSA) is 84.5 Å². The number of carbonyl (C=O) groups is 1. The van der Waals surface area contributed by atoms with E-state index in [9.17, 15) is 13.2 Å². The molecule has 26 heavy (non-hydrogen) atoms. The van der Waals surface area contributed by atoms with Crippen LogP contribution in [0.4, 0.5) is 5.69 Å². The number of ether oxygens (including phenoxy) is 1. The van der Waals surface area contributed by atoms with Crippen LogP contribution in [0, 0.1) is 0 Å². The fourth-order valence-electron chi connectivity index (χ4n) is 2.44. The molecule has 0 spiro atoms. The zero-order valence-electron chi connectivity index (χ0n) is 15.0. The van der Waals surface area contributed by atoms with E-state index >= 15 is 0 Å². The van der Waals surface area contributed by atoms with Gasteiger partial charge in [-0.25, -0.2) is 8.42 Å². The highest BCUT2D eigenvalue weighted by Crippen LogP contribution is 2.14. The van der Waals surface area contributed by atoms with Crippen LogP contribution in [0.15, 0.2) is 48.5 Å². The predicted molar refractivity (Wildman–Crippen MR) is 103 cm³/mol. The van der Waals surface area contributed by atoms with Crippen molar-refractivity contribution in [2.75, 3.05) is 24.1 Å². The first-order valence-electron chi connectivity index (χ1n) is 8.45. The van der Waals surface area contributed by atoms with Gasteiger partial charge in [-0.1, -0.05) is 25.1 Å². The van der Waals surface area contributed by atoms with Gasteiger partial charge in [-0.2, -0.15) is 0 Å². The zero-order chi connectivity index (χ0) is 19.0. The molecule has 2 rings (SSSR count). The molecular formula is C19H24N2O4S. The Morgan fingerprint density at radius 2 is 1.85 bits per heavy atom. The molecular weight excluding hydrogens is 352 g/mol. The molecule has 2 aromatic rings. The minimum atomic E-state index is -3.38. The van der Waals surface area contributed by atoms with Gasteiger partial charge in [0.1, 0.15) is 5.75 Å². The maximum Gasteiger partial charge on any atom is 0.251 e. The van der Waals surface area contributed by atoms with Gasteiger partial charge in [0, 0.05) is 17.8 Å². The van der Waals surface area contributed by atoms with Crippen molar-refractivity contribution in [3.63, 3.8) is 0 Å². The number of nitrogens with one attached hydrogen (secondary N) is 2. The van der Waals surface area contributed by atoms with Crippen LogP contribution in [0.3, 0.4) is 0 Å². The molecule has 0 heterocycles. The summed E-state index contributed by atoms with van der Waals surface area (Å²) >= 11 is 0. The summed E-state index contributed by atoms with van der Waals surface area (Å²) in [5.41, 5.74) is 1.89. The lowest BCUT2D eigenvalue weighted by Gasteiger charge is -2.09. The molecule has 6 nitrogen and oxygen atoms in total. The van der Waals surface area contributed by atoms with Crippen LogP contribution in [-0.4, -0.2) is 33.7 Å². The van der Waals surface area contributed by atoms with E-state index in [1.54, 1.807) is 32.2 Å². The van der Waals surface area contributed by atoms with Crippen LogP contribution < -0.4 is 14.8 Å². The zero-order valence-corrected chi connectivity index (χ0v) is 15.8. The van der Waals surface area contributed by atoms with Crippen molar-refractivity contribution < 1.29 is 17.9 Å². The Hall–Kier alpha value is -2.54. The lowest BCUT2D eigenvalue weighted by atomic mass is 10.1.